The molecule has 8 heteroatoms. The Labute approximate surface area is 162 Å². The monoisotopic (exact) mass is 385 g/mol. The largest absolute Gasteiger partial charge is 0.338 e. The Hall–Kier alpha value is -2.29. The molecule has 27 heavy (non-hydrogen) atoms. The zero-order valence-corrected chi connectivity index (χ0v) is 16.0. The molecule has 2 unspecified atom stereocenters. The molecule has 7 nitrogen and oxygen atoms in total. The molecule has 0 saturated carbocycles. The van der Waals surface area contributed by atoms with E-state index in [0.717, 1.165) is 16.0 Å². The predicted octanol–water partition coefficient (Wildman–Crippen LogP) is 1.34. The third-order valence-electron chi connectivity index (χ3n) is 5.22. The van der Waals surface area contributed by atoms with Gasteiger partial charge in [0.05, 0.1) is 4.88 Å². The molecule has 0 aromatic carbocycles. The Kier molecular flexibility index (Phi) is 5.20. The van der Waals surface area contributed by atoms with Crippen LogP contribution in [0.1, 0.15) is 33.3 Å². The molecule has 2 aliphatic rings. The normalized spacial score (nSPS) is 22.9. The van der Waals surface area contributed by atoms with Crippen LogP contribution in [0.25, 0.3) is 0 Å². The Morgan fingerprint density at radius 1 is 1.15 bits per heavy atom. The second-order valence-corrected chi connectivity index (χ2v) is 7.88. The summed E-state index contributed by atoms with van der Waals surface area (Å²) in [5.74, 6) is 0.167. The van der Waals surface area contributed by atoms with Crippen LogP contribution in [-0.4, -0.2) is 58.8 Å². The number of nitrogens with one attached hydrogen (secondary N) is 2. The smallest absolute Gasteiger partial charge is 0.264 e. The Bertz CT molecular complexity index is 817. The predicted molar refractivity (Wildman–Crippen MR) is 103 cm³/mol. The van der Waals surface area contributed by atoms with Gasteiger partial charge >= 0.3 is 0 Å². The summed E-state index contributed by atoms with van der Waals surface area (Å²) in [5.41, 5.74) is 8.40. The van der Waals surface area contributed by atoms with Crippen LogP contribution < -0.4 is 10.9 Å². The van der Waals surface area contributed by atoms with Crippen molar-refractivity contribution in [3.05, 3.63) is 52.0 Å². The molecule has 0 aliphatic carbocycles. The third kappa shape index (κ3) is 3.73. The number of aryl methyl sites for hydroxylation is 1. The molecule has 4 rings (SSSR count). The van der Waals surface area contributed by atoms with Crippen molar-refractivity contribution in [1.29, 1.82) is 0 Å². The lowest BCUT2D eigenvalue weighted by molar-refractivity contribution is -0.134. The van der Waals surface area contributed by atoms with Gasteiger partial charge in [-0.1, -0.05) is 6.07 Å². The molecule has 2 fully saturated rings. The molecule has 142 valence electrons. The highest BCUT2D eigenvalue weighted by molar-refractivity contribution is 7.12. The highest BCUT2D eigenvalue weighted by atomic mass is 32.1. The highest BCUT2D eigenvalue weighted by Gasteiger charge is 2.35. The van der Waals surface area contributed by atoms with Crippen molar-refractivity contribution in [3.8, 4) is 0 Å². The number of pyridine rings is 1. The fourth-order valence-corrected chi connectivity index (χ4v) is 4.50. The number of hydrazine groups is 1. The van der Waals surface area contributed by atoms with Gasteiger partial charge in [0.1, 0.15) is 6.04 Å². The second-order valence-electron chi connectivity index (χ2n) is 6.97. The van der Waals surface area contributed by atoms with Crippen LogP contribution in [0.5, 0.6) is 0 Å². The average Bonchev–Trinajstić information content (AvgIpc) is 3.37. The van der Waals surface area contributed by atoms with E-state index < -0.39 is 0 Å². The number of rotatable bonds is 3. The lowest BCUT2D eigenvalue weighted by Gasteiger charge is -2.35. The zero-order valence-electron chi connectivity index (χ0n) is 15.2. The molecule has 2 atom stereocenters. The van der Waals surface area contributed by atoms with Crippen LogP contribution in [0.4, 0.5) is 0 Å². The molecule has 2 amide bonds. The Morgan fingerprint density at radius 3 is 2.59 bits per heavy atom. The van der Waals surface area contributed by atoms with E-state index in [4.69, 9.17) is 0 Å². The van der Waals surface area contributed by atoms with Crippen LogP contribution in [-0.2, 0) is 4.79 Å². The van der Waals surface area contributed by atoms with E-state index >= 15 is 0 Å². The topological polar surface area (TPSA) is 77.6 Å². The number of hydrogen-bond acceptors (Lipinski definition) is 6. The minimum Gasteiger partial charge on any atom is -0.338 e. The van der Waals surface area contributed by atoms with Gasteiger partial charge < -0.3 is 9.80 Å². The zero-order chi connectivity index (χ0) is 18.8. The first-order valence-electron chi connectivity index (χ1n) is 9.16. The lowest BCUT2D eigenvalue weighted by Crippen LogP contribution is -2.54. The summed E-state index contributed by atoms with van der Waals surface area (Å²) in [7, 11) is 0. The maximum Gasteiger partial charge on any atom is 0.264 e. The molecule has 2 saturated heterocycles. The SMILES string of the molecule is Cc1ccsc1C(=O)N1CCN(C(=O)C2CC(c3cccnc3)NN2)CC1. The van der Waals surface area contributed by atoms with E-state index in [1.807, 2.05) is 46.5 Å². The van der Waals surface area contributed by atoms with E-state index in [-0.39, 0.29) is 23.9 Å². The molecule has 2 aliphatic heterocycles. The number of nitrogens with zero attached hydrogens (tertiary/aromatic N) is 3. The van der Waals surface area contributed by atoms with E-state index in [1.165, 1.54) is 11.3 Å². The van der Waals surface area contributed by atoms with Crippen LogP contribution in [0.3, 0.4) is 0 Å². The van der Waals surface area contributed by atoms with Crippen molar-refractivity contribution in [2.75, 3.05) is 26.2 Å². The van der Waals surface area contributed by atoms with Gasteiger partial charge in [0.2, 0.25) is 5.91 Å². The standard InChI is InChI=1S/C19H23N5O2S/c1-13-4-10-27-17(13)19(26)24-8-6-23(7-9-24)18(25)16-11-15(21-22-16)14-3-2-5-20-12-14/h2-5,10,12,15-16,21-22H,6-9,11H2,1H3. The minimum atomic E-state index is -0.253. The van der Waals surface area contributed by atoms with Crippen molar-refractivity contribution in [2.24, 2.45) is 0 Å². The summed E-state index contributed by atoms with van der Waals surface area (Å²) in [5, 5.41) is 1.94. The summed E-state index contributed by atoms with van der Waals surface area (Å²) in [6.07, 6.45) is 4.26. The number of carbonyl (C=O) groups excluding carboxylic acids is 2. The van der Waals surface area contributed by atoms with Crippen molar-refractivity contribution in [2.45, 2.75) is 25.4 Å². The van der Waals surface area contributed by atoms with Gasteiger partial charge in [-0.15, -0.1) is 11.3 Å². The Morgan fingerprint density at radius 2 is 1.93 bits per heavy atom. The van der Waals surface area contributed by atoms with E-state index in [2.05, 4.69) is 15.8 Å². The van der Waals surface area contributed by atoms with Crippen molar-refractivity contribution in [1.82, 2.24) is 25.6 Å². The third-order valence-corrected chi connectivity index (χ3v) is 6.23. The summed E-state index contributed by atoms with van der Waals surface area (Å²) in [6, 6.07) is 5.71. The molecular formula is C19H23N5O2S. The number of aromatic nitrogens is 1. The minimum absolute atomic E-state index is 0.0758. The van der Waals surface area contributed by atoms with Crippen LogP contribution in [0.2, 0.25) is 0 Å². The number of amides is 2. The van der Waals surface area contributed by atoms with Gasteiger partial charge in [-0.05, 0) is 42.0 Å². The Balaban J connectivity index is 1.31. The number of thiophene rings is 1. The first-order chi connectivity index (χ1) is 13.1. The van der Waals surface area contributed by atoms with Crippen LogP contribution in [0, 0.1) is 6.92 Å². The first kappa shape index (κ1) is 18.1. The van der Waals surface area contributed by atoms with E-state index in [0.29, 0.717) is 32.6 Å². The van der Waals surface area contributed by atoms with Crippen LogP contribution >= 0.6 is 11.3 Å². The van der Waals surface area contributed by atoms with Gasteiger partial charge in [0.15, 0.2) is 0 Å². The second kappa shape index (κ2) is 7.75. The fraction of sp³-hybridized carbons (Fsp3) is 0.421. The molecule has 0 bridgehead atoms. The van der Waals surface area contributed by atoms with Gasteiger partial charge in [-0.2, -0.15) is 0 Å². The molecular weight excluding hydrogens is 362 g/mol. The molecule has 2 aromatic heterocycles. The van der Waals surface area contributed by atoms with Gasteiger partial charge in [-0.25, -0.2) is 10.9 Å². The molecule has 0 radical (unpaired) electrons. The maximum atomic E-state index is 12.8. The highest BCUT2D eigenvalue weighted by Crippen LogP contribution is 2.23. The van der Waals surface area contributed by atoms with E-state index in [1.54, 1.807) is 6.20 Å². The molecule has 0 spiro atoms. The fourth-order valence-electron chi connectivity index (χ4n) is 3.60. The van der Waals surface area contributed by atoms with E-state index in [9.17, 15) is 9.59 Å². The first-order valence-corrected chi connectivity index (χ1v) is 10.0. The van der Waals surface area contributed by atoms with Gasteiger partial charge in [0, 0.05) is 44.6 Å². The van der Waals surface area contributed by atoms with Crippen molar-refractivity contribution >= 4 is 23.2 Å². The van der Waals surface area contributed by atoms with Crippen LogP contribution in [0.15, 0.2) is 36.0 Å². The quantitative estimate of drug-likeness (QED) is 0.834. The summed E-state index contributed by atoms with van der Waals surface area (Å²) in [6.45, 7) is 4.26. The summed E-state index contributed by atoms with van der Waals surface area (Å²) >= 11 is 1.48. The maximum absolute atomic E-state index is 12.8. The van der Waals surface area contributed by atoms with Gasteiger partial charge in [0.25, 0.3) is 5.91 Å². The summed E-state index contributed by atoms with van der Waals surface area (Å²) < 4.78 is 0. The summed E-state index contributed by atoms with van der Waals surface area (Å²) in [4.78, 5) is 34.1. The lowest BCUT2D eigenvalue weighted by atomic mass is 10.0. The number of piperazine rings is 1. The number of carbonyl (C=O) groups is 2. The number of hydrogen-bond donors (Lipinski definition) is 2. The van der Waals surface area contributed by atoms with Crippen molar-refractivity contribution in [3.63, 3.8) is 0 Å². The van der Waals surface area contributed by atoms with Crippen molar-refractivity contribution < 1.29 is 9.59 Å². The molecule has 4 heterocycles. The average molecular weight is 385 g/mol. The molecule has 2 N–H and O–H groups in total. The molecule has 2 aromatic rings. The van der Waals surface area contributed by atoms with Gasteiger partial charge in [-0.3, -0.25) is 14.6 Å².